The highest BCUT2D eigenvalue weighted by atomic mass is 16.2. The van der Waals surface area contributed by atoms with Gasteiger partial charge in [0.05, 0.1) is 22.4 Å². The van der Waals surface area contributed by atoms with Crippen molar-refractivity contribution in [3.63, 3.8) is 0 Å². The normalized spacial score (nSPS) is 13.0. The van der Waals surface area contributed by atoms with Gasteiger partial charge in [-0.1, -0.05) is 0 Å². The minimum Gasteiger partial charge on any atom is -0.369 e. The summed E-state index contributed by atoms with van der Waals surface area (Å²) in [5.41, 5.74) is 2.43. The summed E-state index contributed by atoms with van der Waals surface area (Å²) in [5.74, 6) is -1.17. The number of imide groups is 1. The summed E-state index contributed by atoms with van der Waals surface area (Å²) in [6.45, 7) is 8.40. The molecule has 1 aliphatic rings. The summed E-state index contributed by atoms with van der Waals surface area (Å²) in [5, 5.41) is 20.6. The van der Waals surface area contributed by atoms with Crippen molar-refractivity contribution >= 4 is 40.5 Å². The number of amides is 3. The van der Waals surface area contributed by atoms with E-state index in [2.05, 4.69) is 34.3 Å². The fourth-order valence-electron chi connectivity index (χ4n) is 3.60. The molecule has 0 fully saturated rings. The van der Waals surface area contributed by atoms with E-state index < -0.39 is 11.8 Å². The summed E-state index contributed by atoms with van der Waals surface area (Å²) in [6.07, 6.45) is 0. The largest absolute Gasteiger partial charge is 0.369 e. The molecule has 32 heavy (non-hydrogen) atoms. The van der Waals surface area contributed by atoms with E-state index in [0.29, 0.717) is 11.4 Å². The number of rotatable bonds is 6. The predicted molar refractivity (Wildman–Crippen MR) is 121 cm³/mol. The first-order chi connectivity index (χ1) is 15.2. The second-order valence-corrected chi connectivity index (χ2v) is 7.66. The molecule has 1 N–H and O–H groups in total. The summed E-state index contributed by atoms with van der Waals surface area (Å²) in [6, 6.07) is 10.4. The van der Waals surface area contributed by atoms with Gasteiger partial charge in [-0.2, -0.15) is 5.26 Å². The van der Waals surface area contributed by atoms with Gasteiger partial charge in [0, 0.05) is 32.2 Å². The number of anilines is 2. The van der Waals surface area contributed by atoms with Crippen molar-refractivity contribution in [3.05, 3.63) is 47.0 Å². The van der Waals surface area contributed by atoms with E-state index in [9.17, 15) is 19.6 Å². The smallest absolute Gasteiger partial charge is 0.261 e. The number of nitrogens with one attached hydrogen (secondary N) is 1. The topological polar surface area (TPSA) is 118 Å². The highest BCUT2D eigenvalue weighted by Gasteiger charge is 2.34. The van der Waals surface area contributed by atoms with E-state index in [0.717, 1.165) is 17.1 Å². The summed E-state index contributed by atoms with van der Waals surface area (Å²) in [7, 11) is 1.38. The van der Waals surface area contributed by atoms with Gasteiger partial charge in [-0.15, -0.1) is 10.2 Å². The molecule has 0 saturated carbocycles. The van der Waals surface area contributed by atoms with Crippen LogP contribution in [0, 0.1) is 11.3 Å². The van der Waals surface area contributed by atoms with Crippen LogP contribution in [0.5, 0.6) is 0 Å². The number of azo groups is 1. The van der Waals surface area contributed by atoms with Gasteiger partial charge >= 0.3 is 0 Å². The zero-order valence-corrected chi connectivity index (χ0v) is 18.6. The second kappa shape index (κ2) is 8.98. The molecule has 0 unspecified atom stereocenters. The molecule has 9 heteroatoms. The first-order valence-electron chi connectivity index (χ1n) is 10.2. The molecular weight excluding hydrogens is 408 g/mol. The van der Waals surface area contributed by atoms with Crippen LogP contribution in [0.4, 0.5) is 22.7 Å². The standard InChI is InChI=1S/C23H24N6O3/c1-6-29(13(2)3)16-7-8-19(21(10-16)25-14(4)30)26-27-20-11-18-17(9-15(20)12-24)22(31)28(5)23(18)32/h7-11,13H,6H2,1-5H3,(H,25,30). The number of nitrogens with zero attached hydrogens (tertiary/aromatic N) is 5. The first kappa shape index (κ1) is 22.6. The van der Waals surface area contributed by atoms with Crippen LogP contribution in [0.15, 0.2) is 40.6 Å². The van der Waals surface area contributed by atoms with Gasteiger partial charge in [0.25, 0.3) is 11.8 Å². The average molecular weight is 432 g/mol. The van der Waals surface area contributed by atoms with Crippen LogP contribution < -0.4 is 10.2 Å². The monoisotopic (exact) mass is 432 g/mol. The van der Waals surface area contributed by atoms with E-state index in [1.165, 1.54) is 26.1 Å². The molecule has 164 valence electrons. The lowest BCUT2D eigenvalue weighted by atomic mass is 10.0. The Morgan fingerprint density at radius 3 is 2.31 bits per heavy atom. The Hall–Kier alpha value is -4.06. The van der Waals surface area contributed by atoms with Crippen molar-refractivity contribution in [2.24, 2.45) is 10.2 Å². The maximum Gasteiger partial charge on any atom is 0.261 e. The molecule has 2 aromatic rings. The minimum absolute atomic E-state index is 0.124. The molecule has 1 heterocycles. The van der Waals surface area contributed by atoms with Gasteiger partial charge in [-0.3, -0.25) is 19.3 Å². The third kappa shape index (κ3) is 4.21. The number of carbonyl (C=O) groups excluding carboxylic acids is 3. The lowest BCUT2D eigenvalue weighted by molar-refractivity contribution is -0.114. The van der Waals surface area contributed by atoms with Crippen LogP contribution in [0.1, 0.15) is 54.0 Å². The molecule has 0 aromatic heterocycles. The summed E-state index contributed by atoms with van der Waals surface area (Å²) < 4.78 is 0. The molecule has 0 atom stereocenters. The van der Waals surface area contributed by atoms with Crippen LogP contribution >= 0.6 is 0 Å². The van der Waals surface area contributed by atoms with Crippen molar-refractivity contribution in [2.45, 2.75) is 33.7 Å². The average Bonchev–Trinajstić information content (AvgIpc) is 2.95. The summed E-state index contributed by atoms with van der Waals surface area (Å²) in [4.78, 5) is 39.4. The van der Waals surface area contributed by atoms with Crippen LogP contribution in [0.3, 0.4) is 0 Å². The van der Waals surface area contributed by atoms with E-state index >= 15 is 0 Å². The van der Waals surface area contributed by atoms with Crippen molar-refractivity contribution in [2.75, 3.05) is 23.8 Å². The number of benzene rings is 2. The highest BCUT2D eigenvalue weighted by Crippen LogP contribution is 2.34. The molecular formula is C23H24N6O3. The lowest BCUT2D eigenvalue weighted by Crippen LogP contribution is -2.30. The molecule has 0 spiro atoms. The second-order valence-electron chi connectivity index (χ2n) is 7.66. The fourth-order valence-corrected chi connectivity index (χ4v) is 3.60. The van der Waals surface area contributed by atoms with E-state index in [1.807, 2.05) is 25.1 Å². The number of nitriles is 1. The number of hydrogen-bond donors (Lipinski definition) is 1. The first-order valence-corrected chi connectivity index (χ1v) is 10.2. The third-order valence-corrected chi connectivity index (χ3v) is 5.18. The van der Waals surface area contributed by atoms with Crippen LogP contribution in [0.2, 0.25) is 0 Å². The maximum atomic E-state index is 12.3. The predicted octanol–water partition coefficient (Wildman–Crippen LogP) is 4.39. The van der Waals surface area contributed by atoms with Crippen LogP contribution in [0.25, 0.3) is 0 Å². The van der Waals surface area contributed by atoms with E-state index in [-0.39, 0.29) is 34.3 Å². The molecule has 0 aliphatic carbocycles. The van der Waals surface area contributed by atoms with Gasteiger partial charge in [-0.25, -0.2) is 0 Å². The van der Waals surface area contributed by atoms with Gasteiger partial charge < -0.3 is 10.2 Å². The number of fused-ring (bicyclic) bond motifs is 1. The van der Waals surface area contributed by atoms with Crippen molar-refractivity contribution in [1.29, 1.82) is 5.26 Å². The zero-order chi connectivity index (χ0) is 23.6. The highest BCUT2D eigenvalue weighted by molar-refractivity contribution is 6.21. The van der Waals surface area contributed by atoms with Crippen LogP contribution in [-0.4, -0.2) is 42.3 Å². The molecule has 3 rings (SSSR count). The molecule has 2 aromatic carbocycles. The number of hydrogen-bond acceptors (Lipinski definition) is 7. The lowest BCUT2D eigenvalue weighted by Gasteiger charge is -2.28. The van der Waals surface area contributed by atoms with E-state index in [4.69, 9.17) is 0 Å². The Bertz CT molecular complexity index is 1180. The quantitative estimate of drug-likeness (QED) is 0.536. The van der Waals surface area contributed by atoms with Gasteiger partial charge in [-0.05, 0) is 51.1 Å². The number of carbonyl (C=O) groups is 3. The Morgan fingerprint density at radius 2 is 1.75 bits per heavy atom. The molecule has 3 amide bonds. The fraction of sp³-hybridized carbons (Fsp3) is 0.304. The third-order valence-electron chi connectivity index (χ3n) is 5.18. The Labute approximate surface area is 186 Å². The SMILES string of the molecule is CCN(c1ccc(N=Nc2cc3c(cc2C#N)C(=O)N(C)C3=O)c(NC(C)=O)c1)C(C)C. The Morgan fingerprint density at radius 1 is 1.12 bits per heavy atom. The van der Waals surface area contributed by atoms with Crippen molar-refractivity contribution in [3.8, 4) is 6.07 Å². The van der Waals surface area contributed by atoms with Crippen molar-refractivity contribution < 1.29 is 14.4 Å². The van der Waals surface area contributed by atoms with Gasteiger partial charge in [0.1, 0.15) is 17.4 Å². The zero-order valence-electron chi connectivity index (χ0n) is 18.6. The van der Waals surface area contributed by atoms with Crippen molar-refractivity contribution in [1.82, 2.24) is 4.90 Å². The molecule has 0 radical (unpaired) electrons. The van der Waals surface area contributed by atoms with E-state index in [1.54, 1.807) is 6.07 Å². The summed E-state index contributed by atoms with van der Waals surface area (Å²) >= 11 is 0. The molecule has 1 aliphatic heterocycles. The van der Waals surface area contributed by atoms with Crippen LogP contribution in [-0.2, 0) is 4.79 Å². The minimum atomic E-state index is -0.459. The van der Waals surface area contributed by atoms with Gasteiger partial charge in [0.15, 0.2) is 0 Å². The molecule has 0 bridgehead atoms. The maximum absolute atomic E-state index is 12.3. The molecule has 9 nitrogen and oxygen atoms in total. The Balaban J connectivity index is 2.04. The van der Waals surface area contributed by atoms with Gasteiger partial charge in [0.2, 0.25) is 5.91 Å². The Kier molecular flexibility index (Phi) is 6.35. The molecule has 0 saturated heterocycles.